The van der Waals surface area contributed by atoms with Crippen LogP contribution in [0.5, 0.6) is 5.75 Å². The zero-order valence-electron chi connectivity index (χ0n) is 19.4. The number of hydrogen-bond acceptors (Lipinski definition) is 5. The molecule has 1 aliphatic heterocycles. The number of carbonyl (C=O) groups excluding carboxylic acids is 2. The smallest absolute Gasteiger partial charge is 0.227 e. The number of rotatable bonds is 6. The Morgan fingerprint density at radius 2 is 1.88 bits per heavy atom. The first-order valence-electron chi connectivity index (χ1n) is 11.1. The van der Waals surface area contributed by atoms with Gasteiger partial charge in [-0.1, -0.05) is 41.1 Å². The molecule has 4 rings (SSSR count). The van der Waals surface area contributed by atoms with E-state index in [2.05, 4.69) is 10.5 Å². The second-order valence-corrected chi connectivity index (χ2v) is 8.45. The topological polar surface area (TPSA) is 84.7 Å². The average Bonchev–Trinajstić information content (AvgIpc) is 3.15. The van der Waals surface area contributed by atoms with Crippen LogP contribution in [-0.4, -0.2) is 24.1 Å². The van der Waals surface area contributed by atoms with Crippen LogP contribution >= 0.6 is 0 Å². The molecular weight excluding hydrogens is 418 g/mol. The number of hydrogen-bond donors (Lipinski definition) is 1. The van der Waals surface area contributed by atoms with Gasteiger partial charge in [0.25, 0.3) is 0 Å². The molecule has 0 radical (unpaired) electrons. The van der Waals surface area contributed by atoms with Crippen molar-refractivity contribution >= 4 is 17.5 Å². The fourth-order valence-corrected chi connectivity index (χ4v) is 4.50. The molecule has 172 valence electrons. The lowest BCUT2D eigenvalue weighted by Gasteiger charge is -2.41. The van der Waals surface area contributed by atoms with Crippen molar-refractivity contribution in [2.45, 2.75) is 46.2 Å². The molecule has 1 aromatic heterocycles. The zero-order valence-corrected chi connectivity index (χ0v) is 19.4. The maximum Gasteiger partial charge on any atom is 0.227 e. The Bertz CT molecular complexity index is 1130. The molecule has 0 bridgehead atoms. The van der Waals surface area contributed by atoms with Crippen LogP contribution in [0.4, 0.5) is 5.69 Å². The predicted molar refractivity (Wildman–Crippen MR) is 125 cm³/mol. The molecule has 1 N–H and O–H groups in total. The van der Waals surface area contributed by atoms with Crippen molar-refractivity contribution in [3.05, 3.63) is 76.7 Å². The Morgan fingerprint density at radius 3 is 2.55 bits per heavy atom. The molecule has 1 aliphatic rings. The van der Waals surface area contributed by atoms with Gasteiger partial charge in [0.1, 0.15) is 11.5 Å². The molecule has 7 nitrogen and oxygen atoms in total. The third kappa shape index (κ3) is 4.49. The summed E-state index contributed by atoms with van der Waals surface area (Å²) >= 11 is 0. The van der Waals surface area contributed by atoms with Crippen LogP contribution in [0, 0.1) is 26.7 Å². The van der Waals surface area contributed by atoms with Crippen molar-refractivity contribution in [1.29, 1.82) is 0 Å². The first-order valence-corrected chi connectivity index (χ1v) is 11.1. The fraction of sp³-hybridized carbons (Fsp3) is 0.346. The lowest BCUT2D eigenvalue weighted by Crippen LogP contribution is -2.48. The highest BCUT2D eigenvalue weighted by atomic mass is 16.5. The van der Waals surface area contributed by atoms with Gasteiger partial charge in [-0.25, -0.2) is 0 Å². The van der Waals surface area contributed by atoms with E-state index in [-0.39, 0.29) is 11.8 Å². The molecule has 0 aliphatic carbocycles. The van der Waals surface area contributed by atoms with Crippen LogP contribution in [0.3, 0.4) is 0 Å². The number of piperidine rings is 1. The molecule has 1 fully saturated rings. The number of nitrogens with one attached hydrogen (secondary N) is 1. The highest BCUT2D eigenvalue weighted by Crippen LogP contribution is 2.43. The SMILES string of the molecule is COc1ccccc1C1C(C(=O)NCc2c(C)noc2C)CCC(=O)N1c1ccc(C)cc1. The summed E-state index contributed by atoms with van der Waals surface area (Å²) < 4.78 is 10.8. The number of amides is 2. The van der Waals surface area contributed by atoms with Gasteiger partial charge in [-0.15, -0.1) is 0 Å². The van der Waals surface area contributed by atoms with Gasteiger partial charge < -0.3 is 19.5 Å². The molecule has 2 amide bonds. The van der Waals surface area contributed by atoms with Gasteiger partial charge in [0.2, 0.25) is 11.8 Å². The number of methoxy groups -OCH3 is 1. The molecule has 0 spiro atoms. The molecule has 2 atom stereocenters. The Morgan fingerprint density at radius 1 is 1.15 bits per heavy atom. The highest BCUT2D eigenvalue weighted by molar-refractivity contribution is 5.97. The molecule has 33 heavy (non-hydrogen) atoms. The van der Waals surface area contributed by atoms with E-state index >= 15 is 0 Å². The largest absolute Gasteiger partial charge is 0.496 e. The molecule has 2 unspecified atom stereocenters. The van der Waals surface area contributed by atoms with E-state index in [0.29, 0.717) is 30.9 Å². The van der Waals surface area contributed by atoms with Crippen LogP contribution in [0.2, 0.25) is 0 Å². The van der Waals surface area contributed by atoms with Gasteiger partial charge in [-0.3, -0.25) is 9.59 Å². The number of ether oxygens (including phenoxy) is 1. The van der Waals surface area contributed by atoms with Gasteiger partial charge in [0, 0.05) is 29.8 Å². The normalized spacial score (nSPS) is 18.3. The Kier molecular flexibility index (Phi) is 6.49. The van der Waals surface area contributed by atoms with Crippen molar-refractivity contribution in [2.75, 3.05) is 12.0 Å². The van der Waals surface area contributed by atoms with Crippen molar-refractivity contribution in [3.8, 4) is 5.75 Å². The van der Waals surface area contributed by atoms with E-state index in [4.69, 9.17) is 9.26 Å². The fourth-order valence-electron chi connectivity index (χ4n) is 4.50. The zero-order chi connectivity index (χ0) is 23.5. The minimum atomic E-state index is -0.491. The third-order valence-corrected chi connectivity index (χ3v) is 6.32. The maximum atomic E-state index is 13.5. The van der Waals surface area contributed by atoms with Crippen LogP contribution in [-0.2, 0) is 16.1 Å². The summed E-state index contributed by atoms with van der Waals surface area (Å²) in [7, 11) is 1.60. The standard InChI is InChI=1S/C26H29N3O4/c1-16-9-11-19(12-10-16)29-24(30)14-13-21(25(29)20-7-5-6-8-23(20)32-4)26(31)27-15-22-17(2)28-33-18(22)3/h5-12,21,25H,13-15H2,1-4H3,(H,27,31). The summed E-state index contributed by atoms with van der Waals surface area (Å²) in [5.41, 5.74) is 4.32. The van der Waals surface area contributed by atoms with Gasteiger partial charge >= 0.3 is 0 Å². The highest BCUT2D eigenvalue weighted by Gasteiger charge is 2.42. The number of nitrogens with zero attached hydrogens (tertiary/aromatic N) is 2. The summed E-state index contributed by atoms with van der Waals surface area (Å²) in [4.78, 5) is 28.4. The molecular formula is C26H29N3O4. The summed E-state index contributed by atoms with van der Waals surface area (Å²) in [6.45, 7) is 6.02. The number of carbonyl (C=O) groups is 2. The van der Waals surface area contributed by atoms with Crippen LogP contribution in [0.25, 0.3) is 0 Å². The van der Waals surface area contributed by atoms with Gasteiger partial charge in [-0.2, -0.15) is 0 Å². The summed E-state index contributed by atoms with van der Waals surface area (Å²) in [5, 5.41) is 7.02. The third-order valence-electron chi connectivity index (χ3n) is 6.32. The van der Waals surface area contributed by atoms with Crippen LogP contribution < -0.4 is 15.0 Å². The van der Waals surface area contributed by atoms with E-state index in [1.807, 2.05) is 69.3 Å². The lowest BCUT2D eigenvalue weighted by atomic mass is 9.82. The van der Waals surface area contributed by atoms with Gasteiger partial charge in [-0.05, 0) is 45.4 Å². The molecule has 3 aromatic rings. The number of aromatic nitrogens is 1. The Balaban J connectivity index is 1.72. The van der Waals surface area contributed by atoms with E-state index in [1.54, 1.807) is 12.0 Å². The number of anilines is 1. The van der Waals surface area contributed by atoms with E-state index < -0.39 is 12.0 Å². The molecule has 0 saturated carbocycles. The molecule has 2 heterocycles. The first-order chi connectivity index (χ1) is 15.9. The average molecular weight is 448 g/mol. The monoisotopic (exact) mass is 447 g/mol. The van der Waals surface area contributed by atoms with E-state index in [9.17, 15) is 9.59 Å². The first kappa shape index (κ1) is 22.6. The number of aryl methyl sites for hydroxylation is 3. The van der Waals surface area contributed by atoms with Crippen LogP contribution in [0.15, 0.2) is 53.1 Å². The van der Waals surface area contributed by atoms with Crippen molar-refractivity contribution in [3.63, 3.8) is 0 Å². The molecule has 2 aromatic carbocycles. The second-order valence-electron chi connectivity index (χ2n) is 8.45. The number of para-hydroxylation sites is 1. The lowest BCUT2D eigenvalue weighted by molar-refractivity contribution is -0.129. The van der Waals surface area contributed by atoms with Gasteiger partial charge in [0.15, 0.2) is 0 Å². The molecule has 7 heteroatoms. The predicted octanol–water partition coefficient (Wildman–Crippen LogP) is 4.41. The minimum absolute atomic E-state index is 0.00969. The van der Waals surface area contributed by atoms with Crippen molar-refractivity contribution in [2.24, 2.45) is 5.92 Å². The van der Waals surface area contributed by atoms with E-state index in [0.717, 1.165) is 28.1 Å². The Hall–Kier alpha value is -3.61. The van der Waals surface area contributed by atoms with Crippen LogP contribution in [0.1, 0.15) is 47.0 Å². The summed E-state index contributed by atoms with van der Waals surface area (Å²) in [6, 6.07) is 14.9. The van der Waals surface area contributed by atoms with Crippen molar-refractivity contribution in [1.82, 2.24) is 10.5 Å². The quantitative estimate of drug-likeness (QED) is 0.605. The second kappa shape index (κ2) is 9.48. The summed E-state index contributed by atoms with van der Waals surface area (Å²) in [6.07, 6.45) is 0.750. The van der Waals surface area contributed by atoms with Crippen molar-refractivity contribution < 1.29 is 18.8 Å². The number of benzene rings is 2. The minimum Gasteiger partial charge on any atom is -0.496 e. The van der Waals surface area contributed by atoms with Gasteiger partial charge in [0.05, 0.1) is 24.8 Å². The molecule has 1 saturated heterocycles. The maximum absolute atomic E-state index is 13.5. The van der Waals surface area contributed by atoms with E-state index in [1.165, 1.54) is 0 Å². The Labute approximate surface area is 193 Å². The summed E-state index contributed by atoms with van der Waals surface area (Å²) in [5.74, 6) is 0.771.